The van der Waals surface area contributed by atoms with Crippen molar-refractivity contribution >= 4 is 49.6 Å². The van der Waals surface area contributed by atoms with Crippen LogP contribution < -0.4 is 5.32 Å². The fourth-order valence-corrected chi connectivity index (χ4v) is 5.60. The van der Waals surface area contributed by atoms with Gasteiger partial charge in [0.2, 0.25) is 0 Å². The van der Waals surface area contributed by atoms with Crippen LogP contribution in [0.2, 0.25) is 0 Å². The molecule has 0 aliphatic carbocycles. The van der Waals surface area contributed by atoms with E-state index < -0.39 is 24.4 Å². The highest BCUT2D eigenvalue weighted by atomic mass is 127. The number of hydrogen-bond acceptors (Lipinski definition) is 6. The monoisotopic (exact) mass is 508 g/mol. The third-order valence-electron chi connectivity index (χ3n) is 4.70. The normalized spacial score (nSPS) is 25.9. The van der Waals surface area contributed by atoms with Crippen LogP contribution in [0.25, 0.3) is 0 Å². The predicted molar refractivity (Wildman–Crippen MR) is 111 cm³/mol. The van der Waals surface area contributed by atoms with E-state index in [1.165, 1.54) is 0 Å². The molecule has 25 heavy (non-hydrogen) atoms. The molecular weight excluding hydrogens is 479 g/mol. The van der Waals surface area contributed by atoms with Gasteiger partial charge < -0.3 is 10.2 Å². The second-order valence-electron chi connectivity index (χ2n) is 6.97. The first kappa shape index (κ1) is 22.9. The Morgan fingerprint density at radius 1 is 1.08 bits per heavy atom. The second kappa shape index (κ2) is 8.70. The highest BCUT2D eigenvalue weighted by molar-refractivity contribution is 14.0. The van der Waals surface area contributed by atoms with Crippen LogP contribution in [0.5, 0.6) is 0 Å². The Hall–Kier alpha value is -0.140. The molecule has 2 aliphatic rings. The molecule has 0 unspecified atom stereocenters. The van der Waals surface area contributed by atoms with Gasteiger partial charge in [0.05, 0.1) is 22.0 Å². The van der Waals surface area contributed by atoms with E-state index in [4.69, 9.17) is 0 Å². The number of rotatable bonds is 3. The molecule has 0 aromatic heterocycles. The highest BCUT2D eigenvalue weighted by Crippen LogP contribution is 2.23. The van der Waals surface area contributed by atoms with E-state index in [1.807, 2.05) is 4.90 Å². The minimum atomic E-state index is -3.07. The number of sulfone groups is 2. The molecule has 0 spiro atoms. The fraction of sp³-hybridized carbons (Fsp3) is 0.929. The maximum atomic E-state index is 12.1. The lowest BCUT2D eigenvalue weighted by atomic mass is 10.2. The SMILES string of the molecule is CN=C(NCCN1CCS(=O)(=O)CC1)N1CCS(=O)(=O)C(C)(C)C1.I. The minimum Gasteiger partial charge on any atom is -0.355 e. The van der Waals surface area contributed by atoms with Crippen molar-refractivity contribution in [3.63, 3.8) is 0 Å². The van der Waals surface area contributed by atoms with Gasteiger partial charge in [-0.25, -0.2) is 16.8 Å². The molecule has 0 saturated carbocycles. The molecule has 1 N–H and O–H groups in total. The van der Waals surface area contributed by atoms with Gasteiger partial charge in [0.1, 0.15) is 0 Å². The Bertz CT molecular complexity index is 678. The van der Waals surface area contributed by atoms with E-state index in [-0.39, 0.29) is 41.2 Å². The third-order valence-corrected chi connectivity index (χ3v) is 8.85. The van der Waals surface area contributed by atoms with Crippen LogP contribution in [0, 0.1) is 0 Å². The highest BCUT2D eigenvalue weighted by Gasteiger charge is 2.40. The molecule has 2 saturated heterocycles. The van der Waals surface area contributed by atoms with Gasteiger partial charge in [-0.15, -0.1) is 24.0 Å². The summed E-state index contributed by atoms with van der Waals surface area (Å²) in [4.78, 5) is 8.34. The summed E-state index contributed by atoms with van der Waals surface area (Å²) >= 11 is 0. The van der Waals surface area contributed by atoms with Crippen molar-refractivity contribution in [3.05, 3.63) is 0 Å². The molecule has 2 fully saturated rings. The molecular formula is C14H29IN4O4S2. The van der Waals surface area contributed by atoms with Gasteiger partial charge in [0.25, 0.3) is 0 Å². The van der Waals surface area contributed by atoms with Crippen LogP contribution in [0.15, 0.2) is 4.99 Å². The maximum absolute atomic E-state index is 12.1. The number of guanidine groups is 1. The van der Waals surface area contributed by atoms with Crippen molar-refractivity contribution in [2.45, 2.75) is 18.6 Å². The van der Waals surface area contributed by atoms with Crippen molar-refractivity contribution in [3.8, 4) is 0 Å². The smallest absolute Gasteiger partial charge is 0.193 e. The van der Waals surface area contributed by atoms with E-state index in [1.54, 1.807) is 20.9 Å². The predicted octanol–water partition coefficient (Wildman–Crippen LogP) is -0.581. The first-order valence-corrected chi connectivity index (χ1v) is 11.6. The number of hydrogen-bond donors (Lipinski definition) is 1. The molecule has 0 radical (unpaired) electrons. The van der Waals surface area contributed by atoms with Crippen LogP contribution in [0.1, 0.15) is 13.8 Å². The summed E-state index contributed by atoms with van der Waals surface area (Å²) < 4.78 is 46.2. The Balaban J connectivity index is 0.00000312. The molecule has 0 aromatic carbocycles. The molecule has 11 heteroatoms. The summed E-state index contributed by atoms with van der Waals surface area (Å²) in [6.45, 7) is 6.87. The molecule has 0 aromatic rings. The number of halogens is 1. The van der Waals surface area contributed by atoms with Gasteiger partial charge >= 0.3 is 0 Å². The summed E-state index contributed by atoms with van der Waals surface area (Å²) in [5, 5.41) is 3.26. The number of nitrogens with zero attached hydrogens (tertiary/aromatic N) is 3. The molecule has 8 nitrogen and oxygen atoms in total. The summed E-state index contributed by atoms with van der Waals surface area (Å²) in [6, 6.07) is 0. The van der Waals surface area contributed by atoms with Crippen molar-refractivity contribution in [2.24, 2.45) is 4.99 Å². The van der Waals surface area contributed by atoms with E-state index in [2.05, 4.69) is 15.2 Å². The molecule has 2 aliphatic heterocycles. The lowest BCUT2D eigenvalue weighted by Crippen LogP contribution is -2.57. The topological polar surface area (TPSA) is 99.2 Å². The van der Waals surface area contributed by atoms with Crippen LogP contribution in [0.3, 0.4) is 0 Å². The quantitative estimate of drug-likeness (QED) is 0.310. The lowest BCUT2D eigenvalue weighted by Gasteiger charge is -2.39. The van der Waals surface area contributed by atoms with Crippen molar-refractivity contribution in [2.75, 3.05) is 63.6 Å². The zero-order valence-electron chi connectivity index (χ0n) is 15.1. The van der Waals surface area contributed by atoms with Gasteiger partial charge in [-0.3, -0.25) is 9.89 Å². The van der Waals surface area contributed by atoms with Crippen molar-refractivity contribution in [1.29, 1.82) is 0 Å². The van der Waals surface area contributed by atoms with E-state index in [9.17, 15) is 16.8 Å². The second-order valence-corrected chi connectivity index (χ2v) is 12.0. The van der Waals surface area contributed by atoms with Crippen LogP contribution >= 0.6 is 24.0 Å². The maximum Gasteiger partial charge on any atom is 0.193 e. The molecule has 0 bridgehead atoms. The average Bonchev–Trinajstić information content (AvgIpc) is 2.48. The van der Waals surface area contributed by atoms with Crippen molar-refractivity contribution in [1.82, 2.24) is 15.1 Å². The largest absolute Gasteiger partial charge is 0.355 e. The van der Waals surface area contributed by atoms with Crippen molar-refractivity contribution < 1.29 is 16.8 Å². The molecule has 0 amide bonds. The summed E-state index contributed by atoms with van der Waals surface area (Å²) in [5.74, 6) is 1.27. The lowest BCUT2D eigenvalue weighted by molar-refractivity contribution is 0.295. The van der Waals surface area contributed by atoms with Gasteiger partial charge in [0.15, 0.2) is 25.6 Å². The van der Waals surface area contributed by atoms with Gasteiger partial charge in [-0.05, 0) is 13.8 Å². The Morgan fingerprint density at radius 2 is 1.68 bits per heavy atom. The first-order chi connectivity index (χ1) is 11.1. The number of aliphatic imine (C=N–C) groups is 1. The third kappa shape index (κ3) is 5.93. The average molecular weight is 508 g/mol. The van der Waals surface area contributed by atoms with E-state index >= 15 is 0 Å². The van der Waals surface area contributed by atoms with E-state index in [0.29, 0.717) is 38.7 Å². The molecule has 2 heterocycles. The molecule has 0 atom stereocenters. The van der Waals surface area contributed by atoms with E-state index in [0.717, 1.165) is 6.54 Å². The Labute approximate surface area is 168 Å². The van der Waals surface area contributed by atoms with Crippen LogP contribution in [0.4, 0.5) is 0 Å². The summed E-state index contributed by atoms with van der Waals surface area (Å²) in [5.41, 5.74) is 0. The van der Waals surface area contributed by atoms with Crippen LogP contribution in [-0.4, -0.2) is 101 Å². The fourth-order valence-electron chi connectivity index (χ4n) is 2.96. The number of nitrogens with one attached hydrogen (secondary N) is 1. The van der Waals surface area contributed by atoms with Gasteiger partial charge in [-0.1, -0.05) is 0 Å². The summed E-state index contributed by atoms with van der Waals surface area (Å²) in [7, 11) is -4.24. The standard InChI is InChI=1S/C14H28N4O4S2.HI/c1-14(2)12-18(8-11-24(14,21)22)13(15-3)16-4-5-17-6-9-23(19,20)10-7-17;/h4-12H2,1-3H3,(H,15,16);1H. The van der Waals surface area contributed by atoms with Gasteiger partial charge in [0, 0.05) is 46.3 Å². The van der Waals surface area contributed by atoms with Gasteiger partial charge in [-0.2, -0.15) is 0 Å². The van der Waals surface area contributed by atoms with Crippen LogP contribution in [-0.2, 0) is 19.7 Å². The zero-order valence-corrected chi connectivity index (χ0v) is 19.0. The minimum absolute atomic E-state index is 0. The molecule has 148 valence electrons. The zero-order chi connectivity index (χ0) is 18.0. The molecule has 2 rings (SSSR count). The summed E-state index contributed by atoms with van der Waals surface area (Å²) in [6.07, 6.45) is 0. The Kier molecular flexibility index (Phi) is 7.97. The first-order valence-electron chi connectivity index (χ1n) is 8.17. The Morgan fingerprint density at radius 3 is 2.20 bits per heavy atom.